The van der Waals surface area contributed by atoms with E-state index >= 15 is 0 Å². The molecule has 1 aliphatic rings. The standard InChI is InChI=1S/C8H9NO7/c9-3(10)7(4(11)12)1-2-8(7,5(13)14)6(15)16/h1-2H2,(H2,9,10)(H,11,12)(H,13,14)(H,15,16). The van der Waals surface area contributed by atoms with Gasteiger partial charge in [0.15, 0.2) is 10.8 Å². The Bertz CT molecular complexity index is 333. The summed E-state index contributed by atoms with van der Waals surface area (Å²) in [6.07, 6.45) is -0.830. The van der Waals surface area contributed by atoms with E-state index in [1.54, 1.807) is 0 Å². The van der Waals surface area contributed by atoms with Gasteiger partial charge in [0.2, 0.25) is 5.91 Å². The Hall–Kier alpha value is -2.12. The summed E-state index contributed by atoms with van der Waals surface area (Å²) >= 11 is 0. The molecule has 0 heterocycles. The van der Waals surface area contributed by atoms with Gasteiger partial charge in [-0.05, 0) is 12.8 Å². The van der Waals surface area contributed by atoms with E-state index in [-0.39, 0.29) is 0 Å². The number of amides is 1. The van der Waals surface area contributed by atoms with Gasteiger partial charge in [-0.15, -0.1) is 0 Å². The van der Waals surface area contributed by atoms with Crippen LogP contribution < -0.4 is 5.73 Å². The lowest BCUT2D eigenvalue weighted by Crippen LogP contribution is -2.69. The molecule has 0 bridgehead atoms. The van der Waals surface area contributed by atoms with Crippen molar-refractivity contribution in [2.24, 2.45) is 16.6 Å². The fourth-order valence-corrected chi connectivity index (χ4v) is 2.02. The van der Waals surface area contributed by atoms with Crippen molar-refractivity contribution in [3.05, 3.63) is 0 Å². The average Bonchev–Trinajstić information content (AvgIpc) is 1.98. The maximum Gasteiger partial charge on any atom is 0.322 e. The zero-order valence-corrected chi connectivity index (χ0v) is 7.97. The number of primary amides is 1. The van der Waals surface area contributed by atoms with Gasteiger partial charge in [0.25, 0.3) is 0 Å². The Morgan fingerprint density at radius 2 is 1.12 bits per heavy atom. The first kappa shape index (κ1) is 12.0. The molecule has 0 aromatic rings. The monoisotopic (exact) mass is 231 g/mol. The molecule has 0 aromatic carbocycles. The lowest BCUT2D eigenvalue weighted by atomic mass is 9.48. The predicted molar refractivity (Wildman–Crippen MR) is 46.2 cm³/mol. The van der Waals surface area contributed by atoms with Crippen LogP contribution in [-0.4, -0.2) is 39.1 Å². The Labute approximate surface area is 88.7 Å². The van der Waals surface area contributed by atoms with E-state index in [0.29, 0.717) is 0 Å². The summed E-state index contributed by atoms with van der Waals surface area (Å²) in [5.41, 5.74) is -0.388. The Kier molecular flexibility index (Phi) is 2.38. The second kappa shape index (κ2) is 3.19. The van der Waals surface area contributed by atoms with Gasteiger partial charge in [-0.2, -0.15) is 0 Å². The number of carboxylic acid groups (broad SMARTS) is 3. The summed E-state index contributed by atoms with van der Waals surface area (Å²) in [6, 6.07) is 0. The topological polar surface area (TPSA) is 155 Å². The zero-order chi connectivity index (χ0) is 12.7. The van der Waals surface area contributed by atoms with Crippen LogP contribution in [0.15, 0.2) is 0 Å². The van der Waals surface area contributed by atoms with E-state index in [1.165, 1.54) is 0 Å². The molecule has 1 aliphatic carbocycles. The molecule has 16 heavy (non-hydrogen) atoms. The molecule has 1 atom stereocenters. The van der Waals surface area contributed by atoms with Crippen LogP contribution in [-0.2, 0) is 19.2 Å². The predicted octanol–water partition coefficient (Wildman–Crippen LogP) is -1.51. The highest BCUT2D eigenvalue weighted by Crippen LogP contribution is 2.57. The van der Waals surface area contributed by atoms with E-state index in [1.807, 2.05) is 0 Å². The minimum Gasteiger partial charge on any atom is -0.480 e. The van der Waals surface area contributed by atoms with Crippen LogP contribution in [0, 0.1) is 10.8 Å². The molecule has 5 N–H and O–H groups in total. The molecule has 8 nitrogen and oxygen atoms in total. The number of hydrogen-bond donors (Lipinski definition) is 4. The fourth-order valence-electron chi connectivity index (χ4n) is 2.02. The lowest BCUT2D eigenvalue weighted by molar-refractivity contribution is -0.204. The summed E-state index contributed by atoms with van der Waals surface area (Å²) in [5, 5.41) is 26.5. The molecule has 0 aliphatic heterocycles. The quantitative estimate of drug-likeness (QED) is 0.428. The normalized spacial score (nSPS) is 26.5. The van der Waals surface area contributed by atoms with Gasteiger partial charge in [0.1, 0.15) is 0 Å². The number of carboxylic acids is 3. The van der Waals surface area contributed by atoms with Gasteiger partial charge in [-0.3, -0.25) is 19.2 Å². The second-order valence-corrected chi connectivity index (χ2v) is 3.59. The highest BCUT2D eigenvalue weighted by atomic mass is 16.4. The highest BCUT2D eigenvalue weighted by molar-refractivity contribution is 6.16. The highest BCUT2D eigenvalue weighted by Gasteiger charge is 2.76. The maximum atomic E-state index is 11.1. The molecule has 0 spiro atoms. The van der Waals surface area contributed by atoms with Crippen molar-refractivity contribution >= 4 is 23.8 Å². The molecular formula is C8H9NO7. The number of carbonyl (C=O) groups excluding carboxylic acids is 1. The molecule has 0 saturated heterocycles. The minimum absolute atomic E-state index is 0.393. The van der Waals surface area contributed by atoms with Gasteiger partial charge in [0, 0.05) is 0 Å². The largest absolute Gasteiger partial charge is 0.480 e. The maximum absolute atomic E-state index is 11.1. The van der Waals surface area contributed by atoms with E-state index in [0.717, 1.165) is 0 Å². The van der Waals surface area contributed by atoms with Crippen LogP contribution in [0.3, 0.4) is 0 Å². The molecule has 0 aromatic heterocycles. The van der Waals surface area contributed by atoms with E-state index in [2.05, 4.69) is 0 Å². The van der Waals surface area contributed by atoms with Crippen LogP contribution in [0.4, 0.5) is 0 Å². The molecular weight excluding hydrogens is 222 g/mol. The van der Waals surface area contributed by atoms with Crippen molar-refractivity contribution in [1.82, 2.24) is 0 Å². The third-order valence-corrected chi connectivity index (χ3v) is 3.12. The number of carbonyl (C=O) groups is 4. The van der Waals surface area contributed by atoms with Gasteiger partial charge >= 0.3 is 17.9 Å². The molecule has 88 valence electrons. The van der Waals surface area contributed by atoms with Crippen LogP contribution in [0.25, 0.3) is 0 Å². The number of hydrogen-bond acceptors (Lipinski definition) is 4. The summed E-state index contributed by atoms with van der Waals surface area (Å²) in [7, 11) is 0. The van der Waals surface area contributed by atoms with Crippen molar-refractivity contribution in [3.8, 4) is 0 Å². The Balaban J connectivity index is 3.44. The molecule has 1 unspecified atom stereocenters. The van der Waals surface area contributed by atoms with E-state index in [4.69, 9.17) is 21.1 Å². The molecule has 1 fully saturated rings. The minimum atomic E-state index is -2.66. The van der Waals surface area contributed by atoms with Crippen molar-refractivity contribution in [2.75, 3.05) is 0 Å². The van der Waals surface area contributed by atoms with Gasteiger partial charge in [-0.1, -0.05) is 0 Å². The summed E-state index contributed by atoms with van der Waals surface area (Å²) in [4.78, 5) is 43.9. The van der Waals surface area contributed by atoms with Gasteiger partial charge in [-0.25, -0.2) is 0 Å². The van der Waals surface area contributed by atoms with Crippen LogP contribution in [0.5, 0.6) is 0 Å². The first-order chi connectivity index (χ1) is 7.23. The van der Waals surface area contributed by atoms with E-state index < -0.39 is 47.5 Å². The van der Waals surface area contributed by atoms with Crippen molar-refractivity contribution in [2.45, 2.75) is 12.8 Å². The third-order valence-electron chi connectivity index (χ3n) is 3.12. The Morgan fingerprint density at radius 1 is 0.812 bits per heavy atom. The second-order valence-electron chi connectivity index (χ2n) is 3.59. The molecule has 0 radical (unpaired) electrons. The first-order valence-corrected chi connectivity index (χ1v) is 4.23. The van der Waals surface area contributed by atoms with Crippen molar-refractivity contribution in [1.29, 1.82) is 0 Å². The lowest BCUT2D eigenvalue weighted by Gasteiger charge is -2.48. The number of nitrogens with two attached hydrogens (primary N) is 1. The smallest absolute Gasteiger partial charge is 0.322 e. The van der Waals surface area contributed by atoms with Crippen molar-refractivity contribution < 1.29 is 34.5 Å². The SMILES string of the molecule is NC(=O)C1(C(=O)O)CCC1(C(=O)O)C(=O)O. The molecule has 8 heteroatoms. The van der Waals surface area contributed by atoms with Gasteiger partial charge < -0.3 is 21.1 Å². The number of rotatable bonds is 4. The summed E-state index contributed by atoms with van der Waals surface area (Å²) in [6.45, 7) is 0. The molecule has 1 rings (SSSR count). The molecule has 1 saturated carbocycles. The Morgan fingerprint density at radius 3 is 1.19 bits per heavy atom. The zero-order valence-electron chi connectivity index (χ0n) is 7.97. The summed E-state index contributed by atoms with van der Waals surface area (Å²) < 4.78 is 0. The fraction of sp³-hybridized carbons (Fsp3) is 0.500. The molecule has 1 amide bonds. The summed E-state index contributed by atoms with van der Waals surface area (Å²) in [5.74, 6) is -7.01. The van der Waals surface area contributed by atoms with Crippen LogP contribution >= 0.6 is 0 Å². The average molecular weight is 231 g/mol. The van der Waals surface area contributed by atoms with E-state index in [9.17, 15) is 19.2 Å². The third kappa shape index (κ3) is 0.980. The van der Waals surface area contributed by atoms with Crippen LogP contribution in [0.2, 0.25) is 0 Å². The van der Waals surface area contributed by atoms with Crippen LogP contribution in [0.1, 0.15) is 12.8 Å². The van der Waals surface area contributed by atoms with Crippen molar-refractivity contribution in [3.63, 3.8) is 0 Å². The number of aliphatic carboxylic acids is 3. The van der Waals surface area contributed by atoms with Gasteiger partial charge in [0.05, 0.1) is 0 Å². The first-order valence-electron chi connectivity index (χ1n) is 4.23.